The fourth-order valence-corrected chi connectivity index (χ4v) is 3.12. The number of hydrogen-bond acceptors (Lipinski definition) is 3. The molecule has 0 radical (unpaired) electrons. The van der Waals surface area contributed by atoms with Crippen molar-refractivity contribution in [3.8, 4) is 0 Å². The monoisotopic (exact) mass is 289 g/mol. The van der Waals surface area contributed by atoms with Crippen LogP contribution >= 0.6 is 0 Å². The predicted octanol–water partition coefficient (Wildman–Crippen LogP) is 2.24. The molecular weight excluding hydrogens is 262 g/mol. The van der Waals surface area contributed by atoms with Crippen LogP contribution in [-0.2, 0) is 4.79 Å². The van der Waals surface area contributed by atoms with Gasteiger partial charge in [0, 0.05) is 24.2 Å². The summed E-state index contributed by atoms with van der Waals surface area (Å²) in [7, 11) is 0. The van der Waals surface area contributed by atoms with Gasteiger partial charge in [-0.05, 0) is 37.4 Å². The Labute approximate surface area is 127 Å². The summed E-state index contributed by atoms with van der Waals surface area (Å²) in [5.41, 5.74) is 8.24. The molecule has 116 valence electrons. The number of benzene rings is 1. The second-order valence-corrected chi connectivity index (χ2v) is 5.79. The first-order chi connectivity index (χ1) is 10.2. The molecule has 4 nitrogen and oxygen atoms in total. The molecule has 1 aromatic carbocycles. The minimum Gasteiger partial charge on any atom is -0.361 e. The van der Waals surface area contributed by atoms with Gasteiger partial charge in [-0.2, -0.15) is 0 Å². The number of hydrogen-bond donors (Lipinski definition) is 2. The van der Waals surface area contributed by atoms with Crippen LogP contribution in [0.1, 0.15) is 44.6 Å². The van der Waals surface area contributed by atoms with Gasteiger partial charge in [0.05, 0.1) is 6.54 Å². The molecule has 0 aromatic heterocycles. The summed E-state index contributed by atoms with van der Waals surface area (Å²) in [6.07, 6.45) is 2.94. The highest BCUT2D eigenvalue weighted by molar-refractivity contribution is 5.82. The molecule has 0 fully saturated rings. The van der Waals surface area contributed by atoms with Gasteiger partial charge in [-0.25, -0.2) is 0 Å². The highest BCUT2D eigenvalue weighted by Crippen LogP contribution is 2.37. The van der Waals surface area contributed by atoms with Crippen LogP contribution in [0.4, 0.5) is 5.69 Å². The topological polar surface area (TPSA) is 58.4 Å². The van der Waals surface area contributed by atoms with E-state index in [-0.39, 0.29) is 11.9 Å². The highest BCUT2D eigenvalue weighted by Gasteiger charge is 2.28. The second-order valence-electron chi connectivity index (χ2n) is 5.79. The minimum atomic E-state index is 0.118. The Bertz CT molecular complexity index is 471. The van der Waals surface area contributed by atoms with Crippen molar-refractivity contribution in [1.29, 1.82) is 0 Å². The number of para-hydroxylation sites is 1. The molecule has 1 aliphatic rings. The lowest BCUT2D eigenvalue weighted by atomic mass is 9.98. The molecule has 1 heterocycles. The van der Waals surface area contributed by atoms with Crippen LogP contribution in [-0.4, -0.2) is 31.6 Å². The van der Waals surface area contributed by atoms with E-state index >= 15 is 0 Å². The van der Waals surface area contributed by atoms with Gasteiger partial charge in [0.1, 0.15) is 0 Å². The van der Waals surface area contributed by atoms with E-state index in [4.69, 9.17) is 5.73 Å². The first-order valence-corrected chi connectivity index (χ1v) is 8.02. The van der Waals surface area contributed by atoms with Crippen LogP contribution in [0.3, 0.4) is 0 Å². The average molecular weight is 289 g/mol. The molecule has 1 aromatic rings. The van der Waals surface area contributed by atoms with Crippen molar-refractivity contribution in [2.75, 3.05) is 24.5 Å². The van der Waals surface area contributed by atoms with Crippen molar-refractivity contribution >= 4 is 11.6 Å². The maximum atomic E-state index is 12.2. The maximum absolute atomic E-state index is 12.2. The first kappa shape index (κ1) is 15.8. The summed E-state index contributed by atoms with van der Waals surface area (Å²) >= 11 is 0. The van der Waals surface area contributed by atoms with E-state index in [0.717, 1.165) is 25.8 Å². The van der Waals surface area contributed by atoms with E-state index in [2.05, 4.69) is 42.3 Å². The van der Waals surface area contributed by atoms with E-state index in [9.17, 15) is 4.79 Å². The molecule has 2 rings (SSSR count). The Morgan fingerprint density at radius 2 is 2.10 bits per heavy atom. The summed E-state index contributed by atoms with van der Waals surface area (Å²) in [4.78, 5) is 14.4. The Hall–Kier alpha value is -1.55. The molecule has 0 bridgehead atoms. The summed E-state index contributed by atoms with van der Waals surface area (Å²) in [6, 6.07) is 8.66. The Morgan fingerprint density at radius 3 is 2.76 bits per heavy atom. The van der Waals surface area contributed by atoms with Crippen LogP contribution in [0.5, 0.6) is 0 Å². The fraction of sp³-hybridized carbons (Fsp3) is 0.588. The van der Waals surface area contributed by atoms with Crippen LogP contribution < -0.4 is 16.0 Å². The number of rotatable bonds is 7. The molecule has 0 spiro atoms. The smallest absolute Gasteiger partial charge is 0.239 e. The highest BCUT2D eigenvalue weighted by atomic mass is 16.2. The fourth-order valence-electron chi connectivity index (χ4n) is 3.12. The third kappa shape index (κ3) is 3.76. The van der Waals surface area contributed by atoms with Crippen LogP contribution in [0.2, 0.25) is 0 Å². The molecule has 1 aliphatic heterocycles. The summed E-state index contributed by atoms with van der Waals surface area (Å²) in [5.74, 6) is 0.569. The van der Waals surface area contributed by atoms with Crippen molar-refractivity contribution in [2.24, 2.45) is 5.73 Å². The number of amides is 1. The van der Waals surface area contributed by atoms with Gasteiger partial charge in [0.15, 0.2) is 0 Å². The van der Waals surface area contributed by atoms with Crippen LogP contribution in [0, 0.1) is 0 Å². The quantitative estimate of drug-likeness (QED) is 0.809. The van der Waals surface area contributed by atoms with Crippen LogP contribution in [0.25, 0.3) is 0 Å². The molecule has 4 heteroatoms. The minimum absolute atomic E-state index is 0.118. The third-order valence-corrected chi connectivity index (χ3v) is 4.36. The Balaban J connectivity index is 2.03. The molecule has 1 amide bonds. The molecule has 1 atom stereocenters. The standard InChI is InChI=1S/C17H27N3O/c1-3-14(4-2)19-17(21)12-20-11-13(9-10-18)15-7-5-6-8-16(15)20/h5-8,13-14H,3-4,9-12,18H2,1-2H3,(H,19,21). The van der Waals surface area contributed by atoms with Gasteiger partial charge in [0.25, 0.3) is 0 Å². The largest absolute Gasteiger partial charge is 0.361 e. The first-order valence-electron chi connectivity index (χ1n) is 8.02. The van der Waals surface area contributed by atoms with Gasteiger partial charge in [0.2, 0.25) is 5.91 Å². The molecule has 0 aliphatic carbocycles. The molecular formula is C17H27N3O. The van der Waals surface area contributed by atoms with E-state index in [1.54, 1.807) is 0 Å². The number of nitrogens with zero attached hydrogens (tertiary/aromatic N) is 1. The van der Waals surface area contributed by atoms with Crippen molar-refractivity contribution in [3.63, 3.8) is 0 Å². The van der Waals surface area contributed by atoms with E-state index < -0.39 is 0 Å². The van der Waals surface area contributed by atoms with Crippen molar-refractivity contribution in [1.82, 2.24) is 5.32 Å². The number of carbonyl (C=O) groups excluding carboxylic acids is 1. The lowest BCUT2D eigenvalue weighted by molar-refractivity contribution is -0.120. The van der Waals surface area contributed by atoms with E-state index in [1.165, 1.54) is 11.3 Å². The third-order valence-electron chi connectivity index (χ3n) is 4.36. The number of anilines is 1. The lowest BCUT2D eigenvalue weighted by Crippen LogP contribution is -2.41. The maximum Gasteiger partial charge on any atom is 0.239 e. The zero-order chi connectivity index (χ0) is 15.2. The van der Waals surface area contributed by atoms with Gasteiger partial charge in [-0.3, -0.25) is 4.79 Å². The van der Waals surface area contributed by atoms with Gasteiger partial charge in [-0.15, -0.1) is 0 Å². The molecule has 1 unspecified atom stereocenters. The molecule has 3 N–H and O–H groups in total. The zero-order valence-electron chi connectivity index (χ0n) is 13.1. The van der Waals surface area contributed by atoms with Crippen molar-refractivity contribution in [3.05, 3.63) is 29.8 Å². The summed E-state index contributed by atoms with van der Waals surface area (Å²) in [6.45, 7) is 6.24. The number of carbonyl (C=O) groups is 1. The average Bonchev–Trinajstić information content (AvgIpc) is 2.83. The van der Waals surface area contributed by atoms with Gasteiger partial charge in [-0.1, -0.05) is 32.0 Å². The number of nitrogens with two attached hydrogens (primary N) is 1. The zero-order valence-corrected chi connectivity index (χ0v) is 13.1. The summed E-state index contributed by atoms with van der Waals surface area (Å²) < 4.78 is 0. The van der Waals surface area contributed by atoms with Crippen LogP contribution in [0.15, 0.2) is 24.3 Å². The normalized spacial score (nSPS) is 17.1. The summed E-state index contributed by atoms with van der Waals surface area (Å²) in [5, 5.41) is 3.12. The predicted molar refractivity (Wildman–Crippen MR) is 87.6 cm³/mol. The second kappa shape index (κ2) is 7.46. The number of fused-ring (bicyclic) bond motifs is 1. The Morgan fingerprint density at radius 1 is 1.38 bits per heavy atom. The van der Waals surface area contributed by atoms with Gasteiger partial charge < -0.3 is 16.0 Å². The molecule has 0 saturated carbocycles. The SMILES string of the molecule is CCC(CC)NC(=O)CN1CC(CCN)c2ccccc21. The van der Waals surface area contributed by atoms with E-state index in [0.29, 0.717) is 19.0 Å². The molecule has 21 heavy (non-hydrogen) atoms. The lowest BCUT2D eigenvalue weighted by Gasteiger charge is -2.22. The number of nitrogens with one attached hydrogen (secondary N) is 1. The van der Waals surface area contributed by atoms with Crippen molar-refractivity contribution < 1.29 is 4.79 Å². The molecule has 0 saturated heterocycles. The Kier molecular flexibility index (Phi) is 5.62. The van der Waals surface area contributed by atoms with E-state index in [1.807, 2.05) is 6.07 Å². The van der Waals surface area contributed by atoms with Gasteiger partial charge >= 0.3 is 0 Å². The van der Waals surface area contributed by atoms with Crippen molar-refractivity contribution in [2.45, 2.75) is 45.1 Å².